The van der Waals surface area contributed by atoms with Crippen molar-refractivity contribution in [2.24, 2.45) is 0 Å². The zero-order chi connectivity index (χ0) is 15.3. The van der Waals surface area contributed by atoms with Gasteiger partial charge in [-0.05, 0) is 49.3 Å². The summed E-state index contributed by atoms with van der Waals surface area (Å²) in [6.45, 7) is 1.84. The summed E-state index contributed by atoms with van der Waals surface area (Å²) in [4.78, 5) is 2.10. The van der Waals surface area contributed by atoms with E-state index in [0.717, 1.165) is 25.9 Å². The molecule has 1 heterocycles. The molecule has 1 fully saturated rings. The summed E-state index contributed by atoms with van der Waals surface area (Å²) < 4.78 is 40.0. The lowest BCUT2D eigenvalue weighted by atomic mass is 10.2. The fourth-order valence-corrected chi connectivity index (χ4v) is 2.52. The maximum absolute atomic E-state index is 12.1. The third-order valence-corrected chi connectivity index (χ3v) is 3.59. The van der Waals surface area contributed by atoms with E-state index in [1.54, 1.807) is 0 Å². The van der Waals surface area contributed by atoms with Crippen molar-refractivity contribution in [2.45, 2.75) is 32.0 Å². The number of alkyl halides is 3. The van der Waals surface area contributed by atoms with E-state index in [9.17, 15) is 13.2 Å². The maximum atomic E-state index is 12.1. The molecule has 21 heavy (non-hydrogen) atoms. The third kappa shape index (κ3) is 5.41. The van der Waals surface area contributed by atoms with Gasteiger partial charge in [-0.1, -0.05) is 12.8 Å². The summed E-state index contributed by atoms with van der Waals surface area (Å²) in [5, 5.41) is 3.66. The van der Waals surface area contributed by atoms with Crippen LogP contribution >= 0.6 is 12.2 Å². The summed E-state index contributed by atoms with van der Waals surface area (Å²) in [7, 11) is 0. The standard InChI is InChI=1S/C14H17F3N2OS/c15-14(16,17)20-12-7-5-11(6-8-12)18-13(21)19-9-3-1-2-4-10-19/h5-8H,1-4,9-10H2,(H,18,21). The molecule has 0 aromatic heterocycles. The summed E-state index contributed by atoms with van der Waals surface area (Å²) >= 11 is 5.34. The normalized spacial score (nSPS) is 16.2. The lowest BCUT2D eigenvalue weighted by molar-refractivity contribution is -0.274. The Hall–Kier alpha value is -1.50. The first-order valence-electron chi connectivity index (χ1n) is 6.86. The molecule has 1 aliphatic heterocycles. The fraction of sp³-hybridized carbons (Fsp3) is 0.500. The number of benzene rings is 1. The second-order valence-corrected chi connectivity index (χ2v) is 5.29. The van der Waals surface area contributed by atoms with E-state index in [4.69, 9.17) is 12.2 Å². The summed E-state index contributed by atoms with van der Waals surface area (Å²) in [6.07, 6.45) is -0.0260. The number of hydrogen-bond donors (Lipinski definition) is 1. The molecule has 0 atom stereocenters. The van der Waals surface area contributed by atoms with Crippen LogP contribution in [0.25, 0.3) is 0 Å². The minimum atomic E-state index is -4.67. The van der Waals surface area contributed by atoms with Crippen LogP contribution in [0.1, 0.15) is 25.7 Å². The Morgan fingerprint density at radius 2 is 1.62 bits per heavy atom. The van der Waals surface area contributed by atoms with Gasteiger partial charge in [0.2, 0.25) is 0 Å². The van der Waals surface area contributed by atoms with Crippen molar-refractivity contribution in [1.29, 1.82) is 0 Å². The van der Waals surface area contributed by atoms with Crippen molar-refractivity contribution >= 4 is 23.0 Å². The highest BCUT2D eigenvalue weighted by Crippen LogP contribution is 2.24. The van der Waals surface area contributed by atoms with Gasteiger partial charge >= 0.3 is 6.36 Å². The molecule has 1 aliphatic rings. The fourth-order valence-electron chi connectivity index (χ4n) is 2.22. The molecule has 0 saturated carbocycles. The van der Waals surface area contributed by atoms with Crippen LogP contribution in [-0.2, 0) is 0 Å². The largest absolute Gasteiger partial charge is 0.573 e. The molecule has 3 nitrogen and oxygen atoms in total. The molecule has 116 valence electrons. The quantitative estimate of drug-likeness (QED) is 0.828. The van der Waals surface area contributed by atoms with Gasteiger partial charge in [0.15, 0.2) is 5.11 Å². The van der Waals surface area contributed by atoms with Gasteiger partial charge in [-0.3, -0.25) is 0 Å². The van der Waals surface area contributed by atoms with Gasteiger partial charge in [0.25, 0.3) is 0 Å². The molecule has 1 aromatic carbocycles. The lowest BCUT2D eigenvalue weighted by Gasteiger charge is -2.24. The highest BCUT2D eigenvalue weighted by Gasteiger charge is 2.30. The third-order valence-electron chi connectivity index (χ3n) is 3.23. The van der Waals surface area contributed by atoms with E-state index >= 15 is 0 Å². The van der Waals surface area contributed by atoms with Gasteiger partial charge in [-0.15, -0.1) is 13.2 Å². The Labute approximate surface area is 127 Å². The number of ether oxygens (including phenoxy) is 1. The Bertz CT molecular complexity index is 468. The summed E-state index contributed by atoms with van der Waals surface area (Å²) in [6, 6.07) is 5.57. The van der Waals surface area contributed by atoms with E-state index in [0.29, 0.717) is 10.8 Å². The zero-order valence-electron chi connectivity index (χ0n) is 11.4. The van der Waals surface area contributed by atoms with E-state index < -0.39 is 6.36 Å². The van der Waals surface area contributed by atoms with Crippen LogP contribution in [0.2, 0.25) is 0 Å². The molecule has 2 rings (SSSR count). The van der Waals surface area contributed by atoms with Crippen LogP contribution in [0.5, 0.6) is 5.75 Å². The Morgan fingerprint density at radius 3 is 2.14 bits per heavy atom. The van der Waals surface area contributed by atoms with Crippen LogP contribution in [0.4, 0.5) is 18.9 Å². The van der Waals surface area contributed by atoms with Gasteiger partial charge in [0, 0.05) is 18.8 Å². The summed E-state index contributed by atoms with van der Waals surface area (Å²) in [5.74, 6) is -0.242. The lowest BCUT2D eigenvalue weighted by Crippen LogP contribution is -2.35. The van der Waals surface area contributed by atoms with Gasteiger partial charge < -0.3 is 15.0 Å². The minimum Gasteiger partial charge on any atom is -0.406 e. The number of rotatable bonds is 2. The number of thiocarbonyl (C=S) groups is 1. The van der Waals surface area contributed by atoms with E-state index in [-0.39, 0.29) is 5.75 Å². The molecule has 0 aliphatic carbocycles. The molecule has 0 radical (unpaired) electrons. The van der Waals surface area contributed by atoms with Gasteiger partial charge in [-0.2, -0.15) is 0 Å². The molecule has 0 unspecified atom stereocenters. The van der Waals surface area contributed by atoms with E-state index in [1.165, 1.54) is 37.1 Å². The first-order chi connectivity index (χ1) is 9.94. The molecule has 0 amide bonds. The molecule has 1 N–H and O–H groups in total. The second-order valence-electron chi connectivity index (χ2n) is 4.90. The Kier molecular flexibility index (Phi) is 5.27. The molecular formula is C14H17F3N2OS. The number of likely N-dealkylation sites (tertiary alicyclic amines) is 1. The van der Waals surface area contributed by atoms with Gasteiger partial charge in [0.1, 0.15) is 5.75 Å². The molecule has 1 aromatic rings. The predicted octanol–water partition coefficient (Wildman–Crippen LogP) is 4.16. The first kappa shape index (κ1) is 15.9. The molecule has 0 spiro atoms. The van der Waals surface area contributed by atoms with Crippen LogP contribution in [0, 0.1) is 0 Å². The first-order valence-corrected chi connectivity index (χ1v) is 7.26. The number of halogens is 3. The van der Waals surface area contributed by atoms with Crippen molar-refractivity contribution < 1.29 is 17.9 Å². The average Bonchev–Trinajstić information content (AvgIpc) is 2.68. The zero-order valence-corrected chi connectivity index (χ0v) is 12.3. The highest BCUT2D eigenvalue weighted by molar-refractivity contribution is 7.80. The number of nitrogens with one attached hydrogen (secondary N) is 1. The molecule has 1 saturated heterocycles. The Balaban J connectivity index is 1.91. The van der Waals surface area contributed by atoms with Crippen LogP contribution < -0.4 is 10.1 Å². The van der Waals surface area contributed by atoms with Crippen molar-refractivity contribution in [3.63, 3.8) is 0 Å². The smallest absolute Gasteiger partial charge is 0.406 e. The number of anilines is 1. The number of hydrogen-bond acceptors (Lipinski definition) is 2. The minimum absolute atomic E-state index is 0.242. The molecule has 0 bridgehead atoms. The van der Waals surface area contributed by atoms with Crippen LogP contribution in [0.3, 0.4) is 0 Å². The van der Waals surface area contributed by atoms with E-state index in [2.05, 4.69) is 15.0 Å². The second kappa shape index (κ2) is 6.98. The highest BCUT2D eigenvalue weighted by atomic mass is 32.1. The average molecular weight is 318 g/mol. The predicted molar refractivity (Wildman–Crippen MR) is 79.4 cm³/mol. The van der Waals surface area contributed by atoms with Gasteiger partial charge in [0.05, 0.1) is 0 Å². The monoisotopic (exact) mass is 318 g/mol. The van der Waals surface area contributed by atoms with Crippen LogP contribution in [0.15, 0.2) is 24.3 Å². The summed E-state index contributed by atoms with van der Waals surface area (Å²) in [5.41, 5.74) is 0.652. The van der Waals surface area contributed by atoms with Crippen molar-refractivity contribution in [1.82, 2.24) is 4.90 Å². The van der Waals surface area contributed by atoms with Crippen molar-refractivity contribution in [2.75, 3.05) is 18.4 Å². The molecule has 7 heteroatoms. The molecular weight excluding hydrogens is 301 g/mol. The van der Waals surface area contributed by atoms with E-state index in [1.807, 2.05) is 0 Å². The SMILES string of the molecule is FC(F)(F)Oc1ccc(NC(=S)N2CCCCCC2)cc1. The van der Waals surface area contributed by atoms with Crippen LogP contribution in [-0.4, -0.2) is 29.5 Å². The topological polar surface area (TPSA) is 24.5 Å². The number of nitrogens with zero attached hydrogens (tertiary/aromatic N) is 1. The van der Waals surface area contributed by atoms with Gasteiger partial charge in [-0.25, -0.2) is 0 Å². The van der Waals surface area contributed by atoms with Crippen molar-refractivity contribution in [3.8, 4) is 5.75 Å². The van der Waals surface area contributed by atoms with Crippen molar-refractivity contribution in [3.05, 3.63) is 24.3 Å². The Morgan fingerprint density at radius 1 is 1.05 bits per heavy atom. The maximum Gasteiger partial charge on any atom is 0.573 e.